The number of carboxylic acids is 1. The highest BCUT2D eigenvalue weighted by Crippen LogP contribution is 2.38. The number of carbonyl (C=O) groups is 1. The van der Waals surface area contributed by atoms with Crippen LogP contribution in [0.2, 0.25) is 0 Å². The average Bonchev–Trinajstić information content (AvgIpc) is 2.64. The van der Waals surface area contributed by atoms with Crippen LogP contribution in [-0.2, 0) is 28.4 Å². The lowest BCUT2D eigenvalue weighted by molar-refractivity contribution is -0.143. The van der Waals surface area contributed by atoms with Gasteiger partial charge in [-0.3, -0.25) is 9.36 Å². The van der Waals surface area contributed by atoms with Gasteiger partial charge in [0.25, 0.3) is 5.56 Å². The third kappa shape index (κ3) is 4.97. The fraction of sp³-hybridized carbons (Fsp3) is 0.353. The summed E-state index contributed by atoms with van der Waals surface area (Å²) in [5.74, 6) is -2.31. The maximum atomic E-state index is 13.1. The topological polar surface area (TPSA) is 90.7 Å². The molecule has 0 saturated heterocycles. The molecule has 164 valence electrons. The molecule has 1 aromatic heterocycles. The number of aromatic nitrogens is 2. The van der Waals surface area contributed by atoms with E-state index >= 15 is 0 Å². The minimum atomic E-state index is -5.12. The number of nitrogens with zero attached hydrogens (tertiary/aromatic N) is 2. The summed E-state index contributed by atoms with van der Waals surface area (Å²) in [7, 11) is 2.33. The van der Waals surface area contributed by atoms with Crippen LogP contribution in [0.4, 0.5) is 26.3 Å². The molecule has 0 amide bonds. The first-order valence-corrected chi connectivity index (χ1v) is 7.98. The summed E-state index contributed by atoms with van der Waals surface area (Å²) in [6, 6.07) is 0.676. The van der Waals surface area contributed by atoms with Crippen molar-refractivity contribution in [3.8, 4) is 11.4 Å². The highest BCUT2D eigenvalue weighted by Gasteiger charge is 2.37. The maximum Gasteiger partial charge on any atom is 0.416 e. The number of rotatable bonds is 6. The van der Waals surface area contributed by atoms with Crippen molar-refractivity contribution < 1.29 is 45.7 Å². The Morgan fingerprint density at radius 1 is 1.07 bits per heavy atom. The van der Waals surface area contributed by atoms with Crippen LogP contribution >= 0.6 is 0 Å². The van der Waals surface area contributed by atoms with Crippen LogP contribution in [0.5, 0.6) is 0 Å². The van der Waals surface area contributed by atoms with Gasteiger partial charge in [-0.05, 0) is 18.2 Å². The van der Waals surface area contributed by atoms with Gasteiger partial charge in [-0.2, -0.15) is 26.3 Å². The lowest BCUT2D eigenvalue weighted by atomic mass is 10.0. The molecule has 0 radical (unpaired) electrons. The summed E-state index contributed by atoms with van der Waals surface area (Å²) in [6.07, 6.45) is -10.9. The smallest absolute Gasteiger partial charge is 0.416 e. The van der Waals surface area contributed by atoms with Crippen molar-refractivity contribution in [2.24, 2.45) is 0 Å². The van der Waals surface area contributed by atoms with Gasteiger partial charge in [0.15, 0.2) is 6.29 Å². The molecule has 30 heavy (non-hydrogen) atoms. The van der Waals surface area contributed by atoms with Gasteiger partial charge >= 0.3 is 18.3 Å². The lowest BCUT2D eigenvalue weighted by Crippen LogP contribution is -2.34. The minimum absolute atomic E-state index is 0.0787. The number of hydrogen-bond acceptors (Lipinski definition) is 5. The third-order valence-electron chi connectivity index (χ3n) is 3.98. The van der Waals surface area contributed by atoms with Gasteiger partial charge in [0.1, 0.15) is 11.4 Å². The van der Waals surface area contributed by atoms with E-state index in [0.717, 1.165) is 0 Å². The Balaban J connectivity index is 2.84. The fourth-order valence-electron chi connectivity index (χ4n) is 2.52. The van der Waals surface area contributed by atoms with E-state index in [9.17, 15) is 35.9 Å². The molecule has 0 saturated carbocycles. The van der Waals surface area contributed by atoms with E-state index in [2.05, 4.69) is 4.98 Å². The van der Waals surface area contributed by atoms with E-state index in [-0.39, 0.29) is 6.07 Å². The molecule has 0 spiro atoms. The third-order valence-corrected chi connectivity index (χ3v) is 3.98. The molecule has 0 aliphatic rings. The first-order chi connectivity index (χ1) is 13.8. The number of benzene rings is 1. The Morgan fingerprint density at radius 2 is 1.57 bits per heavy atom. The van der Waals surface area contributed by atoms with Crippen molar-refractivity contribution in [2.75, 3.05) is 14.2 Å². The summed E-state index contributed by atoms with van der Waals surface area (Å²) in [5.41, 5.74) is -5.99. The number of aromatic carboxylic acids is 1. The molecular formula is C17H14F6N2O5. The van der Waals surface area contributed by atoms with Gasteiger partial charge in [-0.25, -0.2) is 9.78 Å². The molecule has 1 aromatic carbocycles. The Hall–Kier alpha value is -2.93. The monoisotopic (exact) mass is 440 g/mol. The van der Waals surface area contributed by atoms with Crippen LogP contribution in [0.15, 0.2) is 29.2 Å². The Labute approximate surface area is 164 Å². The number of hydrogen-bond donors (Lipinski definition) is 1. The van der Waals surface area contributed by atoms with Crippen molar-refractivity contribution in [2.45, 2.75) is 25.2 Å². The van der Waals surface area contributed by atoms with Gasteiger partial charge in [0, 0.05) is 26.0 Å². The van der Waals surface area contributed by atoms with Crippen molar-refractivity contribution in [1.82, 2.24) is 9.55 Å². The number of ether oxygens (including phenoxy) is 2. The van der Waals surface area contributed by atoms with Crippen LogP contribution < -0.4 is 5.56 Å². The summed E-state index contributed by atoms with van der Waals surface area (Å²) in [5, 5.41) is 9.09. The summed E-state index contributed by atoms with van der Waals surface area (Å²) >= 11 is 0. The second kappa shape index (κ2) is 8.44. The SMILES string of the molecule is COC(Cn1c(-c2cc(C(F)(F)F)cc(C(F)(F)F)c2)ncc(C(=O)O)c1=O)OC. The highest BCUT2D eigenvalue weighted by atomic mass is 19.4. The number of alkyl halides is 6. The van der Waals surface area contributed by atoms with Gasteiger partial charge < -0.3 is 14.6 Å². The van der Waals surface area contributed by atoms with E-state index in [4.69, 9.17) is 14.6 Å². The molecule has 1 heterocycles. The molecule has 0 aliphatic heterocycles. The van der Waals surface area contributed by atoms with E-state index in [0.29, 0.717) is 22.9 Å². The van der Waals surface area contributed by atoms with Gasteiger partial charge in [-0.15, -0.1) is 0 Å². The quantitative estimate of drug-likeness (QED) is 0.548. The molecule has 2 rings (SSSR count). The summed E-state index contributed by atoms with van der Waals surface area (Å²) < 4.78 is 89.2. The van der Waals surface area contributed by atoms with Crippen LogP contribution in [0.3, 0.4) is 0 Å². The molecule has 0 unspecified atom stereocenters. The van der Waals surface area contributed by atoms with Gasteiger partial charge in [-0.1, -0.05) is 0 Å². The summed E-state index contributed by atoms with van der Waals surface area (Å²) in [4.78, 5) is 27.4. The first kappa shape index (κ1) is 23.3. The van der Waals surface area contributed by atoms with E-state index in [1.807, 2.05) is 0 Å². The standard InChI is InChI=1S/C17H14F6N2O5/c1-29-12(30-2)7-25-13(24-6-11(14(25)26)15(27)28)8-3-9(16(18,19)20)5-10(4-8)17(21,22)23/h3-6,12H,7H2,1-2H3,(H,27,28). The molecule has 13 heteroatoms. The minimum Gasteiger partial charge on any atom is -0.477 e. The molecule has 0 atom stereocenters. The van der Waals surface area contributed by atoms with E-state index in [1.54, 1.807) is 0 Å². The highest BCUT2D eigenvalue weighted by molar-refractivity contribution is 5.87. The second-order valence-corrected chi connectivity index (χ2v) is 5.91. The van der Waals surface area contributed by atoms with Crippen molar-refractivity contribution in [3.05, 3.63) is 51.4 Å². The largest absolute Gasteiger partial charge is 0.477 e. The molecule has 7 nitrogen and oxygen atoms in total. The summed E-state index contributed by atoms with van der Waals surface area (Å²) in [6.45, 7) is -0.549. The predicted molar refractivity (Wildman–Crippen MR) is 88.7 cm³/mol. The lowest BCUT2D eigenvalue weighted by Gasteiger charge is -2.19. The first-order valence-electron chi connectivity index (χ1n) is 7.98. The van der Waals surface area contributed by atoms with Crippen LogP contribution in [-0.4, -0.2) is 41.1 Å². The zero-order valence-corrected chi connectivity index (χ0v) is 15.3. The number of carboxylic acid groups (broad SMARTS) is 1. The molecule has 2 aromatic rings. The Morgan fingerprint density at radius 3 is 1.97 bits per heavy atom. The van der Waals surface area contributed by atoms with Crippen molar-refractivity contribution >= 4 is 5.97 Å². The molecule has 1 N–H and O–H groups in total. The fourth-order valence-corrected chi connectivity index (χ4v) is 2.52. The zero-order valence-electron chi connectivity index (χ0n) is 15.3. The predicted octanol–water partition coefficient (Wildman–Crippen LogP) is 3.27. The second-order valence-electron chi connectivity index (χ2n) is 5.91. The molecule has 0 aliphatic carbocycles. The van der Waals surface area contributed by atoms with Crippen LogP contribution in [0, 0.1) is 0 Å². The van der Waals surface area contributed by atoms with Crippen LogP contribution in [0.25, 0.3) is 11.4 Å². The van der Waals surface area contributed by atoms with E-state index in [1.165, 1.54) is 14.2 Å². The van der Waals surface area contributed by atoms with Crippen molar-refractivity contribution in [3.63, 3.8) is 0 Å². The average molecular weight is 440 g/mol. The molecular weight excluding hydrogens is 426 g/mol. The molecule has 0 fully saturated rings. The van der Waals surface area contributed by atoms with Crippen molar-refractivity contribution in [1.29, 1.82) is 0 Å². The Bertz CT molecular complexity index is 963. The van der Waals surface area contributed by atoms with Gasteiger partial charge in [0.2, 0.25) is 0 Å². The maximum absolute atomic E-state index is 13.1. The number of halogens is 6. The van der Waals surface area contributed by atoms with E-state index < -0.39 is 64.8 Å². The van der Waals surface area contributed by atoms with Crippen LogP contribution in [0.1, 0.15) is 21.5 Å². The molecule has 0 bridgehead atoms. The Kier molecular flexibility index (Phi) is 6.57. The zero-order chi connectivity index (χ0) is 22.9. The number of methoxy groups -OCH3 is 2. The normalized spacial score (nSPS) is 12.4. The van der Waals surface area contributed by atoms with Gasteiger partial charge in [0.05, 0.1) is 17.7 Å².